The van der Waals surface area contributed by atoms with Crippen molar-refractivity contribution in [1.29, 1.82) is 0 Å². The number of anilines is 1. The van der Waals surface area contributed by atoms with Gasteiger partial charge in [0.15, 0.2) is 0 Å². The van der Waals surface area contributed by atoms with Crippen LogP contribution in [0.3, 0.4) is 0 Å². The minimum atomic E-state index is -0.0906. The summed E-state index contributed by atoms with van der Waals surface area (Å²) in [5.74, 6) is 1.51. The zero-order valence-corrected chi connectivity index (χ0v) is 13.4. The predicted octanol–water partition coefficient (Wildman–Crippen LogP) is 3.98. The zero-order chi connectivity index (χ0) is 14.9. The van der Waals surface area contributed by atoms with E-state index in [4.69, 9.17) is 21.3 Å². The fraction of sp³-hybridized carbons (Fsp3) is 0.471. The first-order valence-electron chi connectivity index (χ1n) is 7.40. The summed E-state index contributed by atoms with van der Waals surface area (Å²) in [4.78, 5) is 7.13. The minimum Gasteiger partial charge on any atom is -0.377 e. The Labute approximate surface area is 130 Å². The molecule has 1 atom stereocenters. The van der Waals surface area contributed by atoms with Crippen LogP contribution in [0.4, 0.5) is 5.82 Å². The zero-order valence-electron chi connectivity index (χ0n) is 12.6. The van der Waals surface area contributed by atoms with Crippen LogP contribution in [0.5, 0.6) is 0 Å². The number of aromatic nitrogens is 1. The molecule has 112 valence electrons. The molecule has 3 rings (SSSR count). The summed E-state index contributed by atoms with van der Waals surface area (Å²) in [5, 5.41) is 1.14. The Kier molecular flexibility index (Phi) is 4.05. The molecule has 1 aromatic heterocycles. The fourth-order valence-corrected chi connectivity index (χ4v) is 3.29. The van der Waals surface area contributed by atoms with Gasteiger partial charge in [0.2, 0.25) is 0 Å². The number of methoxy groups -OCH3 is 1. The molecule has 1 aliphatic heterocycles. The van der Waals surface area contributed by atoms with Gasteiger partial charge in [-0.15, -0.1) is 11.6 Å². The van der Waals surface area contributed by atoms with E-state index in [1.165, 1.54) is 0 Å². The Morgan fingerprint density at radius 1 is 1.38 bits per heavy atom. The van der Waals surface area contributed by atoms with Crippen LogP contribution in [-0.4, -0.2) is 30.8 Å². The van der Waals surface area contributed by atoms with Gasteiger partial charge in [-0.3, -0.25) is 0 Å². The van der Waals surface area contributed by atoms with Gasteiger partial charge in [-0.25, -0.2) is 4.98 Å². The molecule has 0 spiro atoms. The van der Waals surface area contributed by atoms with E-state index in [-0.39, 0.29) is 5.60 Å². The average Bonchev–Trinajstić information content (AvgIpc) is 2.54. The molecule has 3 nitrogen and oxygen atoms in total. The lowest BCUT2D eigenvalue weighted by Crippen LogP contribution is -2.47. The molecule has 0 aliphatic carbocycles. The molecule has 1 unspecified atom stereocenters. The van der Waals surface area contributed by atoms with E-state index < -0.39 is 0 Å². The highest BCUT2D eigenvalue weighted by Gasteiger charge is 2.31. The number of piperidine rings is 1. The molecule has 0 bridgehead atoms. The summed E-state index contributed by atoms with van der Waals surface area (Å²) in [7, 11) is 1.79. The number of fused-ring (bicyclic) bond motifs is 1. The first-order valence-corrected chi connectivity index (χ1v) is 7.93. The second kappa shape index (κ2) is 5.82. The van der Waals surface area contributed by atoms with Crippen LogP contribution in [0, 0.1) is 0 Å². The Morgan fingerprint density at radius 2 is 2.19 bits per heavy atom. The second-order valence-electron chi connectivity index (χ2n) is 5.97. The molecule has 21 heavy (non-hydrogen) atoms. The maximum atomic E-state index is 6.13. The van der Waals surface area contributed by atoms with Crippen LogP contribution in [0.25, 0.3) is 10.9 Å². The molecule has 1 aromatic carbocycles. The quantitative estimate of drug-likeness (QED) is 0.802. The van der Waals surface area contributed by atoms with Gasteiger partial charge in [-0.2, -0.15) is 0 Å². The Morgan fingerprint density at radius 3 is 2.95 bits per heavy atom. The number of para-hydroxylation sites is 1. The van der Waals surface area contributed by atoms with Crippen molar-refractivity contribution in [3.05, 3.63) is 35.9 Å². The molecular weight excluding hydrogens is 284 g/mol. The topological polar surface area (TPSA) is 25.4 Å². The van der Waals surface area contributed by atoms with Crippen LogP contribution >= 0.6 is 11.6 Å². The third-order valence-corrected chi connectivity index (χ3v) is 4.70. The van der Waals surface area contributed by atoms with Crippen molar-refractivity contribution >= 4 is 28.3 Å². The molecule has 2 aromatic rings. The van der Waals surface area contributed by atoms with Gasteiger partial charge >= 0.3 is 0 Å². The summed E-state index contributed by atoms with van der Waals surface area (Å²) in [5.41, 5.74) is 2.06. The SMILES string of the molecule is COC1(C)CCCN(c2cc(CCl)c3ccccc3n2)C1. The third-order valence-electron chi connectivity index (χ3n) is 4.41. The van der Waals surface area contributed by atoms with E-state index in [0.717, 1.165) is 48.2 Å². The normalized spacial score (nSPS) is 22.7. The minimum absolute atomic E-state index is 0.0906. The fourth-order valence-electron chi connectivity index (χ4n) is 3.07. The molecule has 1 aliphatic rings. The van der Waals surface area contributed by atoms with Gasteiger partial charge in [0.05, 0.1) is 11.1 Å². The van der Waals surface area contributed by atoms with Crippen molar-refractivity contribution in [2.75, 3.05) is 25.1 Å². The summed E-state index contributed by atoms with van der Waals surface area (Å²) < 4.78 is 5.68. The van der Waals surface area contributed by atoms with Gasteiger partial charge in [-0.1, -0.05) is 18.2 Å². The lowest BCUT2D eigenvalue weighted by molar-refractivity contribution is -0.00480. The molecular formula is C17H21ClN2O. The standard InChI is InChI=1S/C17H21ClN2O/c1-17(21-2)8-5-9-20(12-17)16-10-13(11-18)14-6-3-4-7-15(14)19-16/h3-4,6-7,10H,5,8-9,11-12H2,1-2H3. The Balaban J connectivity index is 2.00. The first-order chi connectivity index (χ1) is 10.1. The molecule has 1 saturated heterocycles. The predicted molar refractivity (Wildman–Crippen MR) is 88.2 cm³/mol. The summed E-state index contributed by atoms with van der Waals surface area (Å²) in [6.07, 6.45) is 2.21. The van der Waals surface area contributed by atoms with Crippen molar-refractivity contribution < 1.29 is 4.74 Å². The largest absolute Gasteiger partial charge is 0.377 e. The number of hydrogen-bond donors (Lipinski definition) is 0. The number of benzene rings is 1. The van der Waals surface area contributed by atoms with Crippen LogP contribution in [0.2, 0.25) is 0 Å². The summed E-state index contributed by atoms with van der Waals surface area (Å²) in [6, 6.07) is 10.3. The maximum absolute atomic E-state index is 6.13. The van der Waals surface area contributed by atoms with E-state index in [0.29, 0.717) is 5.88 Å². The molecule has 0 saturated carbocycles. The second-order valence-corrected chi connectivity index (χ2v) is 6.24. The monoisotopic (exact) mass is 304 g/mol. The van der Waals surface area contributed by atoms with Crippen LogP contribution in [0.1, 0.15) is 25.3 Å². The lowest BCUT2D eigenvalue weighted by atomic mass is 9.94. The van der Waals surface area contributed by atoms with Crippen molar-refractivity contribution in [3.8, 4) is 0 Å². The Hall–Kier alpha value is -1.32. The van der Waals surface area contributed by atoms with E-state index in [9.17, 15) is 0 Å². The molecule has 0 amide bonds. The number of alkyl halides is 1. The number of hydrogen-bond acceptors (Lipinski definition) is 3. The smallest absolute Gasteiger partial charge is 0.129 e. The van der Waals surface area contributed by atoms with Gasteiger partial charge in [0.25, 0.3) is 0 Å². The van der Waals surface area contributed by atoms with Crippen molar-refractivity contribution in [2.24, 2.45) is 0 Å². The van der Waals surface area contributed by atoms with Crippen molar-refractivity contribution in [3.63, 3.8) is 0 Å². The highest BCUT2D eigenvalue weighted by molar-refractivity contribution is 6.18. The number of halogens is 1. The van der Waals surface area contributed by atoms with Crippen LogP contribution in [-0.2, 0) is 10.6 Å². The van der Waals surface area contributed by atoms with Crippen molar-refractivity contribution in [2.45, 2.75) is 31.2 Å². The number of pyridine rings is 1. The highest BCUT2D eigenvalue weighted by atomic mass is 35.5. The van der Waals surface area contributed by atoms with E-state index in [2.05, 4.69) is 24.0 Å². The number of nitrogens with zero attached hydrogens (tertiary/aromatic N) is 2. The lowest BCUT2D eigenvalue weighted by Gasteiger charge is -2.40. The molecule has 1 fully saturated rings. The maximum Gasteiger partial charge on any atom is 0.129 e. The first kappa shape index (κ1) is 14.6. The van der Waals surface area contributed by atoms with E-state index in [1.54, 1.807) is 7.11 Å². The summed E-state index contributed by atoms with van der Waals surface area (Å²) in [6.45, 7) is 4.06. The number of rotatable bonds is 3. The van der Waals surface area contributed by atoms with Gasteiger partial charge in [0.1, 0.15) is 5.82 Å². The molecule has 2 heterocycles. The van der Waals surface area contributed by atoms with Crippen LogP contribution in [0.15, 0.2) is 30.3 Å². The van der Waals surface area contributed by atoms with E-state index >= 15 is 0 Å². The summed E-state index contributed by atoms with van der Waals surface area (Å²) >= 11 is 6.13. The third kappa shape index (κ3) is 2.85. The van der Waals surface area contributed by atoms with Gasteiger partial charge in [-0.05, 0) is 37.5 Å². The van der Waals surface area contributed by atoms with Gasteiger partial charge < -0.3 is 9.64 Å². The molecule has 0 radical (unpaired) electrons. The Bertz CT molecular complexity index is 646. The number of ether oxygens (including phenoxy) is 1. The van der Waals surface area contributed by atoms with Crippen LogP contribution < -0.4 is 4.90 Å². The molecule has 4 heteroatoms. The highest BCUT2D eigenvalue weighted by Crippen LogP contribution is 2.30. The van der Waals surface area contributed by atoms with Crippen molar-refractivity contribution in [1.82, 2.24) is 4.98 Å². The molecule has 0 N–H and O–H groups in total. The van der Waals surface area contributed by atoms with Gasteiger partial charge in [0, 0.05) is 31.5 Å². The average molecular weight is 305 g/mol. The van der Waals surface area contributed by atoms with E-state index in [1.807, 2.05) is 18.2 Å².